The van der Waals surface area contributed by atoms with E-state index in [0.29, 0.717) is 12.1 Å². The zero-order valence-corrected chi connectivity index (χ0v) is 17.5. The molecule has 0 atom stereocenters. The summed E-state index contributed by atoms with van der Waals surface area (Å²) in [6.07, 6.45) is 2.74. The van der Waals surface area contributed by atoms with Crippen LogP contribution in [0.4, 0.5) is 0 Å². The van der Waals surface area contributed by atoms with Crippen LogP contribution in [0.15, 0.2) is 79.0 Å². The third-order valence-electron chi connectivity index (χ3n) is 5.05. The van der Waals surface area contributed by atoms with E-state index in [1.807, 2.05) is 18.2 Å². The lowest BCUT2D eigenvalue weighted by molar-refractivity contribution is -0.134. The zero-order valence-electron chi connectivity index (χ0n) is 17.5. The van der Waals surface area contributed by atoms with Gasteiger partial charge in [-0.15, -0.1) is 0 Å². The summed E-state index contributed by atoms with van der Waals surface area (Å²) in [6.45, 7) is 3.19. The molecule has 0 aliphatic heterocycles. The topological polar surface area (TPSA) is 66.1 Å². The van der Waals surface area contributed by atoms with Crippen LogP contribution in [0.5, 0.6) is 0 Å². The van der Waals surface area contributed by atoms with Crippen LogP contribution in [0.2, 0.25) is 0 Å². The number of nitrogens with one attached hydrogen (secondary N) is 1. The van der Waals surface area contributed by atoms with Gasteiger partial charge in [-0.3, -0.25) is 4.79 Å². The molecule has 0 radical (unpaired) electrons. The summed E-state index contributed by atoms with van der Waals surface area (Å²) in [6, 6.07) is 25.3. The molecule has 1 aromatic heterocycles. The Morgan fingerprint density at radius 3 is 2.27 bits per heavy atom. The van der Waals surface area contributed by atoms with Gasteiger partial charge in [-0.2, -0.15) is 0 Å². The molecule has 0 aliphatic carbocycles. The highest BCUT2D eigenvalue weighted by Crippen LogP contribution is 2.28. The van der Waals surface area contributed by atoms with Crippen LogP contribution >= 0.6 is 0 Å². The minimum atomic E-state index is -0.833. The number of benzene rings is 3. The Kier molecular flexibility index (Phi) is 6.48. The van der Waals surface area contributed by atoms with Crippen molar-refractivity contribution < 1.29 is 9.90 Å². The molecule has 4 heteroatoms. The summed E-state index contributed by atoms with van der Waals surface area (Å²) in [5, 5.41) is 17.3. The molecule has 0 saturated heterocycles. The molecule has 0 amide bonds. The Bertz CT molecular complexity index is 1190. The first-order chi connectivity index (χ1) is 14.4. The molecule has 3 aromatic carbocycles. The van der Waals surface area contributed by atoms with Crippen molar-refractivity contribution in [3.63, 3.8) is 0 Å². The Morgan fingerprint density at radius 1 is 0.967 bits per heavy atom. The van der Waals surface area contributed by atoms with Crippen molar-refractivity contribution in [3.8, 4) is 11.1 Å². The molecular weight excluding hydrogens is 372 g/mol. The first kappa shape index (κ1) is 21.1. The molecule has 0 unspecified atom stereocenters. The van der Waals surface area contributed by atoms with Crippen molar-refractivity contribution in [3.05, 3.63) is 95.7 Å². The van der Waals surface area contributed by atoms with E-state index in [4.69, 9.17) is 15.3 Å². The van der Waals surface area contributed by atoms with Crippen molar-refractivity contribution >= 4 is 22.6 Å². The molecule has 0 bridgehead atoms. The van der Waals surface area contributed by atoms with E-state index in [9.17, 15) is 0 Å². The summed E-state index contributed by atoms with van der Waals surface area (Å²) >= 11 is 0. The normalized spacial score (nSPS) is 10.4. The lowest BCUT2D eigenvalue weighted by Gasteiger charge is -2.07. The monoisotopic (exact) mass is 398 g/mol. The lowest BCUT2D eigenvalue weighted by Crippen LogP contribution is -2.04. The van der Waals surface area contributed by atoms with E-state index in [1.54, 1.807) is 0 Å². The number of carboxylic acid groups (broad SMARTS) is 1. The molecule has 0 aliphatic rings. The number of fused-ring (bicyclic) bond motifs is 1. The minimum absolute atomic E-state index is 0.654. The number of carbonyl (C=O) groups is 1. The van der Waals surface area contributed by atoms with E-state index in [-0.39, 0.29) is 0 Å². The minimum Gasteiger partial charge on any atom is -0.481 e. The smallest absolute Gasteiger partial charge is 0.300 e. The maximum Gasteiger partial charge on any atom is 0.300 e. The van der Waals surface area contributed by atoms with Gasteiger partial charge in [0.2, 0.25) is 0 Å². The average molecular weight is 399 g/mol. The Labute approximate surface area is 176 Å². The third-order valence-corrected chi connectivity index (χ3v) is 5.05. The van der Waals surface area contributed by atoms with Crippen molar-refractivity contribution in [2.75, 3.05) is 0 Å². The van der Waals surface area contributed by atoms with E-state index in [0.717, 1.165) is 23.4 Å². The third kappa shape index (κ3) is 4.84. The standard InChI is InChI=1S/C24H22N2.C2H4O2/c1-17-8-6-7-11-19(17)15-23(25)22-16-26(2)24-13-12-20(14-21(22)24)18-9-4-3-5-10-18;1-2(3)4/h3-14,16,25H,15H2,1-2H3;1H3,(H,3,4). The van der Waals surface area contributed by atoms with Crippen molar-refractivity contribution in [2.45, 2.75) is 20.3 Å². The van der Waals surface area contributed by atoms with E-state index in [2.05, 4.69) is 79.3 Å². The summed E-state index contributed by atoms with van der Waals surface area (Å²) in [5.74, 6) is -0.833. The molecule has 1 heterocycles. The van der Waals surface area contributed by atoms with Crippen LogP contribution in [-0.4, -0.2) is 21.4 Å². The van der Waals surface area contributed by atoms with Gasteiger partial charge >= 0.3 is 0 Å². The first-order valence-corrected chi connectivity index (χ1v) is 9.83. The Morgan fingerprint density at radius 2 is 1.60 bits per heavy atom. The van der Waals surface area contributed by atoms with Crippen molar-refractivity contribution in [2.24, 2.45) is 7.05 Å². The molecular formula is C26H26N2O2. The fourth-order valence-electron chi connectivity index (χ4n) is 3.54. The average Bonchev–Trinajstić information content (AvgIpc) is 3.06. The fourth-order valence-corrected chi connectivity index (χ4v) is 3.54. The summed E-state index contributed by atoms with van der Waals surface area (Å²) in [4.78, 5) is 9.00. The highest BCUT2D eigenvalue weighted by molar-refractivity contribution is 6.11. The number of rotatable bonds is 4. The van der Waals surface area contributed by atoms with E-state index in [1.165, 1.54) is 22.3 Å². The fraction of sp³-hybridized carbons (Fsp3) is 0.154. The SMILES string of the molecule is CC(=O)O.Cc1ccccc1CC(=N)c1cn(C)c2ccc(-c3ccccc3)cc12. The second-order valence-electron chi connectivity index (χ2n) is 7.35. The number of carboxylic acids is 1. The lowest BCUT2D eigenvalue weighted by atomic mass is 9.97. The maximum absolute atomic E-state index is 9.00. The Hall–Kier alpha value is -3.66. The van der Waals surface area contributed by atoms with Crippen LogP contribution < -0.4 is 0 Å². The molecule has 4 aromatic rings. The van der Waals surface area contributed by atoms with Crippen LogP contribution in [0.3, 0.4) is 0 Å². The largest absolute Gasteiger partial charge is 0.481 e. The summed E-state index contributed by atoms with van der Waals surface area (Å²) < 4.78 is 2.12. The number of hydrogen-bond acceptors (Lipinski definition) is 2. The zero-order chi connectivity index (χ0) is 21.7. The first-order valence-electron chi connectivity index (χ1n) is 9.83. The molecule has 0 fully saturated rings. The van der Waals surface area contributed by atoms with Gasteiger partial charge in [-0.05, 0) is 41.3 Å². The quantitative estimate of drug-likeness (QED) is 0.423. The summed E-state index contributed by atoms with van der Waals surface area (Å²) in [5.41, 5.74) is 7.69. The van der Waals surface area contributed by atoms with Crippen molar-refractivity contribution in [1.29, 1.82) is 5.41 Å². The van der Waals surface area contributed by atoms with Gasteiger partial charge in [-0.25, -0.2) is 0 Å². The molecule has 4 rings (SSSR count). The van der Waals surface area contributed by atoms with Gasteiger partial charge in [0.25, 0.3) is 5.97 Å². The molecule has 2 N–H and O–H groups in total. The molecule has 152 valence electrons. The van der Waals surface area contributed by atoms with Gasteiger partial charge in [0, 0.05) is 48.8 Å². The molecule has 4 nitrogen and oxygen atoms in total. The molecule has 0 spiro atoms. The Balaban J connectivity index is 0.000000589. The van der Waals surface area contributed by atoms with Crippen molar-refractivity contribution in [1.82, 2.24) is 4.57 Å². The number of hydrogen-bond donors (Lipinski definition) is 2. The maximum atomic E-state index is 9.00. The highest BCUT2D eigenvalue weighted by atomic mass is 16.4. The van der Waals surface area contributed by atoms with Gasteiger partial charge in [-0.1, -0.05) is 60.7 Å². The van der Waals surface area contributed by atoms with Gasteiger partial charge in [0.1, 0.15) is 0 Å². The van der Waals surface area contributed by atoms with Crippen LogP contribution in [0.25, 0.3) is 22.0 Å². The number of aromatic nitrogens is 1. The van der Waals surface area contributed by atoms with E-state index < -0.39 is 5.97 Å². The molecule has 0 saturated carbocycles. The van der Waals surface area contributed by atoms with Crippen LogP contribution in [-0.2, 0) is 18.3 Å². The van der Waals surface area contributed by atoms with Crippen LogP contribution in [0, 0.1) is 12.3 Å². The molecule has 30 heavy (non-hydrogen) atoms. The van der Waals surface area contributed by atoms with Gasteiger partial charge in [0.05, 0.1) is 0 Å². The number of aliphatic carboxylic acids is 1. The number of nitrogens with zero attached hydrogens (tertiary/aromatic N) is 1. The van der Waals surface area contributed by atoms with Gasteiger partial charge in [0.15, 0.2) is 0 Å². The second kappa shape index (κ2) is 9.23. The predicted molar refractivity (Wildman–Crippen MR) is 123 cm³/mol. The second-order valence-corrected chi connectivity index (χ2v) is 7.35. The predicted octanol–water partition coefficient (Wildman–Crippen LogP) is 5.86. The highest BCUT2D eigenvalue weighted by Gasteiger charge is 2.13. The van der Waals surface area contributed by atoms with Gasteiger partial charge < -0.3 is 15.1 Å². The van der Waals surface area contributed by atoms with E-state index >= 15 is 0 Å². The number of aryl methyl sites for hydroxylation is 2. The van der Waals surface area contributed by atoms with Crippen LogP contribution in [0.1, 0.15) is 23.6 Å². The summed E-state index contributed by atoms with van der Waals surface area (Å²) in [7, 11) is 2.05.